The first kappa shape index (κ1) is 45.7. The van der Waals surface area contributed by atoms with Crippen LogP contribution in [0.2, 0.25) is 0 Å². The van der Waals surface area contributed by atoms with Crippen LogP contribution in [0.4, 0.5) is 17.1 Å². The first-order valence-corrected chi connectivity index (χ1v) is 25.3. The van der Waals surface area contributed by atoms with Gasteiger partial charge in [0.2, 0.25) is 0 Å². The summed E-state index contributed by atoms with van der Waals surface area (Å²) in [5.74, 6) is 0.539. The molecule has 0 aliphatic carbocycles. The van der Waals surface area contributed by atoms with Crippen molar-refractivity contribution in [3.63, 3.8) is 0 Å². The molecule has 0 heterocycles. The molecular weight excluding hydrogens is 867 g/mol. The highest BCUT2D eigenvalue weighted by Crippen LogP contribution is 2.37. The third-order valence-corrected chi connectivity index (χ3v) is 14.2. The summed E-state index contributed by atoms with van der Waals surface area (Å²) in [5.41, 5.74) is 21.4. The van der Waals surface area contributed by atoms with Gasteiger partial charge in [0.05, 0.1) is 0 Å². The molecule has 0 fully saturated rings. The molecule has 72 heavy (non-hydrogen) atoms. The van der Waals surface area contributed by atoms with Gasteiger partial charge < -0.3 is 4.90 Å². The van der Waals surface area contributed by atoms with E-state index in [1.165, 1.54) is 77.9 Å². The number of nitrogens with zero attached hydrogens (tertiary/aromatic N) is 1. The molecule has 11 rings (SSSR count). The second-order valence-electron chi connectivity index (χ2n) is 18.9. The van der Waals surface area contributed by atoms with Gasteiger partial charge in [-0.05, 0) is 134 Å². The number of hydrogen-bond donors (Lipinski definition) is 0. The Morgan fingerprint density at radius 1 is 0.208 bits per heavy atom. The lowest BCUT2D eigenvalue weighted by Crippen LogP contribution is -2.09. The van der Waals surface area contributed by atoms with Crippen LogP contribution in [-0.2, 0) is 19.3 Å². The smallest absolute Gasteiger partial charge is 0.0462 e. The topological polar surface area (TPSA) is 3.24 Å². The minimum atomic E-state index is 0.234. The van der Waals surface area contributed by atoms with Gasteiger partial charge >= 0.3 is 0 Å². The van der Waals surface area contributed by atoms with Gasteiger partial charge in [0.15, 0.2) is 0 Å². The Morgan fingerprint density at radius 3 is 0.819 bits per heavy atom. The zero-order chi connectivity index (χ0) is 48.3. The molecule has 0 aliphatic rings. The molecule has 11 aromatic carbocycles. The molecule has 0 amide bonds. The van der Waals surface area contributed by atoms with Crippen LogP contribution in [0.25, 0.3) is 33.4 Å². The third-order valence-electron chi connectivity index (χ3n) is 14.2. The van der Waals surface area contributed by atoms with Crippen LogP contribution < -0.4 is 4.90 Å². The van der Waals surface area contributed by atoms with Crippen LogP contribution in [0, 0.1) is 0 Å². The third kappa shape index (κ3) is 10.8. The van der Waals surface area contributed by atoms with Crippen LogP contribution in [0.5, 0.6) is 0 Å². The molecule has 0 radical (unpaired) electrons. The van der Waals surface area contributed by atoms with Crippen LogP contribution in [0.15, 0.2) is 297 Å². The summed E-state index contributed by atoms with van der Waals surface area (Å²) in [7, 11) is 0. The predicted molar refractivity (Wildman–Crippen MR) is 304 cm³/mol. The van der Waals surface area contributed by atoms with Crippen molar-refractivity contribution in [3.8, 4) is 33.4 Å². The molecule has 0 aliphatic heterocycles. The Morgan fingerprint density at radius 2 is 0.458 bits per heavy atom. The Kier molecular flexibility index (Phi) is 13.9. The second kappa shape index (κ2) is 21.9. The molecule has 346 valence electrons. The van der Waals surface area contributed by atoms with Crippen LogP contribution in [-0.4, -0.2) is 0 Å². The number of para-hydroxylation sites is 2. The van der Waals surface area contributed by atoms with Crippen molar-refractivity contribution < 1.29 is 0 Å². The van der Waals surface area contributed by atoms with Crippen molar-refractivity contribution in [2.24, 2.45) is 0 Å². The van der Waals surface area contributed by atoms with E-state index in [2.05, 4.69) is 302 Å². The van der Waals surface area contributed by atoms with E-state index in [0.29, 0.717) is 5.92 Å². The SMILES string of the molecule is c1ccc(CC(c2ccccc2)c2ccc(-c3ccc(Cc4ccc(-c5ccc(C(Cc6ccc(-c7ccc(N(c8ccccc8)c8ccccc8)cc7)cc6)c6ccccc6)cc5)cc4)cc3)cc2)cc1. The molecule has 11 aromatic rings. The molecule has 0 spiro atoms. The molecule has 1 heteroatoms. The van der Waals surface area contributed by atoms with Gasteiger partial charge in [0.1, 0.15) is 0 Å². The maximum absolute atomic E-state index is 2.33. The number of hydrogen-bond acceptors (Lipinski definition) is 1. The Labute approximate surface area is 426 Å². The van der Waals surface area contributed by atoms with Gasteiger partial charge in [-0.25, -0.2) is 0 Å². The highest BCUT2D eigenvalue weighted by molar-refractivity contribution is 5.78. The van der Waals surface area contributed by atoms with Crippen molar-refractivity contribution in [2.75, 3.05) is 4.90 Å². The molecule has 1 nitrogen and oxygen atoms in total. The van der Waals surface area contributed by atoms with Crippen molar-refractivity contribution in [3.05, 3.63) is 342 Å². The minimum absolute atomic E-state index is 0.234. The summed E-state index contributed by atoms with van der Waals surface area (Å²) >= 11 is 0. The van der Waals surface area contributed by atoms with Crippen LogP contribution in [0.3, 0.4) is 0 Å². The summed E-state index contributed by atoms with van der Waals surface area (Å²) in [6.07, 6.45) is 2.78. The lowest BCUT2D eigenvalue weighted by molar-refractivity contribution is 0.805. The van der Waals surface area contributed by atoms with E-state index in [9.17, 15) is 0 Å². The fourth-order valence-corrected chi connectivity index (χ4v) is 10.2. The summed E-state index contributed by atoms with van der Waals surface area (Å²) in [5, 5.41) is 0. The summed E-state index contributed by atoms with van der Waals surface area (Å²) in [6.45, 7) is 0. The molecule has 0 bridgehead atoms. The van der Waals surface area contributed by atoms with Gasteiger partial charge in [0.25, 0.3) is 0 Å². The van der Waals surface area contributed by atoms with Crippen molar-refractivity contribution >= 4 is 17.1 Å². The largest absolute Gasteiger partial charge is 0.311 e. The Balaban J connectivity index is 0.736. The lowest BCUT2D eigenvalue weighted by Gasteiger charge is -2.25. The van der Waals surface area contributed by atoms with Gasteiger partial charge in [-0.3, -0.25) is 0 Å². The summed E-state index contributed by atoms with van der Waals surface area (Å²) in [6, 6.07) is 108. The normalized spacial score (nSPS) is 11.9. The predicted octanol–water partition coefficient (Wildman–Crippen LogP) is 18.5. The first-order valence-electron chi connectivity index (χ1n) is 25.3. The Hall–Kier alpha value is -8.78. The van der Waals surface area contributed by atoms with E-state index in [0.717, 1.165) is 36.3 Å². The molecular formula is C71H57N. The van der Waals surface area contributed by atoms with Gasteiger partial charge in [-0.1, -0.05) is 261 Å². The maximum atomic E-state index is 2.33. The van der Waals surface area contributed by atoms with E-state index in [1.54, 1.807) is 0 Å². The first-order chi connectivity index (χ1) is 35.7. The fraction of sp³-hybridized carbons (Fsp3) is 0.0704. The van der Waals surface area contributed by atoms with E-state index in [4.69, 9.17) is 0 Å². The summed E-state index contributed by atoms with van der Waals surface area (Å²) < 4.78 is 0. The van der Waals surface area contributed by atoms with Crippen molar-refractivity contribution in [1.82, 2.24) is 0 Å². The van der Waals surface area contributed by atoms with E-state index >= 15 is 0 Å². The van der Waals surface area contributed by atoms with E-state index in [1.807, 2.05) is 0 Å². The van der Waals surface area contributed by atoms with Crippen molar-refractivity contribution in [2.45, 2.75) is 31.1 Å². The van der Waals surface area contributed by atoms with Crippen LogP contribution >= 0.6 is 0 Å². The van der Waals surface area contributed by atoms with Crippen LogP contribution in [0.1, 0.15) is 56.3 Å². The Bertz CT molecular complexity index is 3350. The molecule has 0 saturated carbocycles. The molecule has 0 saturated heterocycles. The van der Waals surface area contributed by atoms with E-state index < -0.39 is 0 Å². The zero-order valence-corrected chi connectivity index (χ0v) is 40.5. The second-order valence-corrected chi connectivity index (χ2v) is 18.9. The van der Waals surface area contributed by atoms with Gasteiger partial charge in [-0.2, -0.15) is 0 Å². The number of benzene rings is 11. The minimum Gasteiger partial charge on any atom is -0.311 e. The van der Waals surface area contributed by atoms with Gasteiger partial charge in [0, 0.05) is 28.9 Å². The highest BCUT2D eigenvalue weighted by Gasteiger charge is 2.18. The molecule has 0 aromatic heterocycles. The standard InChI is InChI=1S/C71H57N/c1-6-16-53(17-7-1)51-70(63-18-8-2-9-19-63)65-42-38-60(39-43-65)57-32-26-54(27-33-57)50-55-28-34-58(35-29-55)61-40-44-66(45-41-61)71(64-20-10-3-11-21-64)52-56-30-36-59(37-31-56)62-46-48-69(49-47-62)72(67-22-12-4-13-23-67)68-24-14-5-15-25-68/h1-49,70-71H,50-52H2. The fourth-order valence-electron chi connectivity index (χ4n) is 10.2. The van der Waals surface area contributed by atoms with Crippen molar-refractivity contribution in [1.29, 1.82) is 0 Å². The number of anilines is 3. The monoisotopic (exact) mass is 923 g/mol. The average molecular weight is 924 g/mol. The lowest BCUT2D eigenvalue weighted by atomic mass is 9.85. The summed E-state index contributed by atoms with van der Waals surface area (Å²) in [4.78, 5) is 2.30. The highest BCUT2D eigenvalue weighted by atomic mass is 15.1. The maximum Gasteiger partial charge on any atom is 0.0462 e. The molecule has 2 unspecified atom stereocenters. The molecule has 2 atom stereocenters. The van der Waals surface area contributed by atoms with Gasteiger partial charge in [-0.15, -0.1) is 0 Å². The average Bonchev–Trinajstić information content (AvgIpc) is 3.46. The quantitative estimate of drug-likeness (QED) is 0.0933. The zero-order valence-electron chi connectivity index (χ0n) is 40.5. The van der Waals surface area contributed by atoms with E-state index in [-0.39, 0.29) is 5.92 Å². The number of rotatable bonds is 16. The molecule has 0 N–H and O–H groups in total.